The lowest BCUT2D eigenvalue weighted by Crippen LogP contribution is -2.39. The Hall–Kier alpha value is -0.820. The third kappa shape index (κ3) is 6.22. The molecule has 1 nitrogen and oxygen atoms in total. The Kier molecular flexibility index (Phi) is 8.03. The van der Waals surface area contributed by atoms with Crippen LogP contribution in [0.15, 0.2) is 30.3 Å². The van der Waals surface area contributed by atoms with Crippen molar-refractivity contribution in [3.05, 3.63) is 35.9 Å². The van der Waals surface area contributed by atoms with Crippen LogP contribution in [-0.4, -0.2) is 13.1 Å². The van der Waals surface area contributed by atoms with Gasteiger partial charge in [0.2, 0.25) is 0 Å². The van der Waals surface area contributed by atoms with E-state index in [1.165, 1.54) is 31.2 Å². The van der Waals surface area contributed by atoms with Gasteiger partial charge in [0.05, 0.1) is 0 Å². The van der Waals surface area contributed by atoms with Crippen LogP contribution in [0.2, 0.25) is 0 Å². The van der Waals surface area contributed by atoms with E-state index in [4.69, 9.17) is 0 Å². The molecule has 0 saturated heterocycles. The van der Waals surface area contributed by atoms with Gasteiger partial charge in [0.15, 0.2) is 0 Å². The van der Waals surface area contributed by atoms with Gasteiger partial charge in [-0.25, -0.2) is 0 Å². The Bertz CT molecular complexity index is 353. The van der Waals surface area contributed by atoms with Crippen LogP contribution < -0.4 is 5.32 Å². The molecule has 1 heteroatoms. The zero-order chi connectivity index (χ0) is 15.7. The average molecular weight is 290 g/mol. The van der Waals surface area contributed by atoms with E-state index in [9.17, 15) is 0 Å². The topological polar surface area (TPSA) is 12.0 Å². The molecule has 1 aromatic carbocycles. The predicted octanol–water partition coefficient (Wildman–Crippen LogP) is 5.41. The zero-order valence-electron chi connectivity index (χ0n) is 14.8. The predicted molar refractivity (Wildman–Crippen MR) is 94.8 cm³/mol. The van der Waals surface area contributed by atoms with Crippen molar-refractivity contribution in [1.82, 2.24) is 5.32 Å². The average Bonchev–Trinajstić information content (AvgIpc) is 2.46. The maximum absolute atomic E-state index is 3.71. The largest absolute Gasteiger partial charge is 0.316 e. The van der Waals surface area contributed by atoms with Crippen LogP contribution in [0.1, 0.15) is 65.9 Å². The first-order valence-electron chi connectivity index (χ1n) is 8.76. The summed E-state index contributed by atoms with van der Waals surface area (Å²) in [6.07, 6.45) is 5.15. The SMILES string of the molecule is CCC(CCCC(C)C)(CNCC(C)C)c1ccccc1. The van der Waals surface area contributed by atoms with Crippen LogP contribution in [0.5, 0.6) is 0 Å². The third-order valence-electron chi connectivity index (χ3n) is 4.52. The van der Waals surface area contributed by atoms with Gasteiger partial charge in [-0.1, -0.05) is 77.8 Å². The van der Waals surface area contributed by atoms with E-state index in [-0.39, 0.29) is 0 Å². The second-order valence-electron chi connectivity index (χ2n) is 7.31. The monoisotopic (exact) mass is 289 g/mol. The molecule has 0 aliphatic carbocycles. The Morgan fingerprint density at radius 2 is 1.67 bits per heavy atom. The van der Waals surface area contributed by atoms with Crippen LogP contribution in [0.3, 0.4) is 0 Å². The molecule has 1 atom stereocenters. The second-order valence-corrected chi connectivity index (χ2v) is 7.31. The molecule has 21 heavy (non-hydrogen) atoms. The summed E-state index contributed by atoms with van der Waals surface area (Å²) >= 11 is 0. The van der Waals surface area contributed by atoms with Crippen LogP contribution in [0.4, 0.5) is 0 Å². The highest BCUT2D eigenvalue weighted by molar-refractivity contribution is 5.26. The molecule has 0 radical (unpaired) electrons. The summed E-state index contributed by atoms with van der Waals surface area (Å²) in [5.41, 5.74) is 1.80. The zero-order valence-corrected chi connectivity index (χ0v) is 14.8. The summed E-state index contributed by atoms with van der Waals surface area (Å²) in [7, 11) is 0. The van der Waals surface area contributed by atoms with Crippen molar-refractivity contribution in [2.24, 2.45) is 11.8 Å². The second kappa shape index (κ2) is 9.25. The van der Waals surface area contributed by atoms with Crippen molar-refractivity contribution in [3.8, 4) is 0 Å². The van der Waals surface area contributed by atoms with Gasteiger partial charge in [-0.2, -0.15) is 0 Å². The van der Waals surface area contributed by atoms with Crippen LogP contribution in [0, 0.1) is 11.8 Å². The van der Waals surface area contributed by atoms with Gasteiger partial charge in [0.25, 0.3) is 0 Å². The molecule has 0 amide bonds. The normalized spacial score (nSPS) is 14.6. The van der Waals surface area contributed by atoms with E-state index in [2.05, 4.69) is 70.3 Å². The smallest absolute Gasteiger partial charge is 0.00751 e. The van der Waals surface area contributed by atoms with Gasteiger partial charge < -0.3 is 5.32 Å². The molecular formula is C20H35N. The van der Waals surface area contributed by atoms with Crippen molar-refractivity contribution in [2.75, 3.05) is 13.1 Å². The van der Waals surface area contributed by atoms with Crippen molar-refractivity contribution in [3.63, 3.8) is 0 Å². The minimum absolute atomic E-state index is 0.297. The number of rotatable bonds is 10. The van der Waals surface area contributed by atoms with Crippen LogP contribution in [0.25, 0.3) is 0 Å². The van der Waals surface area contributed by atoms with Gasteiger partial charge in [-0.3, -0.25) is 0 Å². The Morgan fingerprint density at radius 1 is 1.00 bits per heavy atom. The molecule has 1 rings (SSSR count). The molecule has 0 fully saturated rings. The van der Waals surface area contributed by atoms with E-state index in [0.717, 1.165) is 19.0 Å². The molecule has 1 aromatic rings. The van der Waals surface area contributed by atoms with Gasteiger partial charge in [0, 0.05) is 12.0 Å². The maximum atomic E-state index is 3.71. The lowest BCUT2D eigenvalue weighted by Gasteiger charge is -2.35. The fraction of sp³-hybridized carbons (Fsp3) is 0.700. The lowest BCUT2D eigenvalue weighted by molar-refractivity contribution is 0.327. The summed E-state index contributed by atoms with van der Waals surface area (Å²) < 4.78 is 0. The highest BCUT2D eigenvalue weighted by Crippen LogP contribution is 2.33. The molecule has 0 spiro atoms. The molecule has 1 N–H and O–H groups in total. The Labute approximate surface area is 132 Å². The summed E-state index contributed by atoms with van der Waals surface area (Å²) in [4.78, 5) is 0. The Morgan fingerprint density at radius 3 is 2.19 bits per heavy atom. The Balaban J connectivity index is 2.79. The minimum atomic E-state index is 0.297. The lowest BCUT2D eigenvalue weighted by atomic mass is 9.73. The molecule has 0 aliphatic heterocycles. The van der Waals surface area contributed by atoms with E-state index in [0.29, 0.717) is 11.3 Å². The molecule has 0 aromatic heterocycles. The van der Waals surface area contributed by atoms with Gasteiger partial charge >= 0.3 is 0 Å². The first kappa shape index (κ1) is 18.2. The first-order valence-corrected chi connectivity index (χ1v) is 8.76. The molecule has 0 aliphatic rings. The van der Waals surface area contributed by atoms with Crippen molar-refractivity contribution >= 4 is 0 Å². The minimum Gasteiger partial charge on any atom is -0.316 e. The summed E-state index contributed by atoms with van der Waals surface area (Å²) in [6, 6.07) is 11.1. The summed E-state index contributed by atoms with van der Waals surface area (Å²) in [5.74, 6) is 1.52. The van der Waals surface area contributed by atoms with Crippen LogP contribution >= 0.6 is 0 Å². The van der Waals surface area contributed by atoms with Gasteiger partial charge in [-0.05, 0) is 36.8 Å². The molecule has 0 heterocycles. The number of hydrogen-bond acceptors (Lipinski definition) is 1. The number of hydrogen-bond donors (Lipinski definition) is 1. The van der Waals surface area contributed by atoms with Crippen molar-refractivity contribution in [2.45, 2.75) is 65.7 Å². The van der Waals surface area contributed by atoms with Gasteiger partial charge in [0.1, 0.15) is 0 Å². The number of benzene rings is 1. The molecular weight excluding hydrogens is 254 g/mol. The maximum Gasteiger partial charge on any atom is 0.00751 e. The first-order chi connectivity index (χ1) is 10.00. The van der Waals surface area contributed by atoms with Crippen molar-refractivity contribution < 1.29 is 0 Å². The number of nitrogens with one attached hydrogen (secondary N) is 1. The molecule has 1 unspecified atom stereocenters. The van der Waals surface area contributed by atoms with Crippen molar-refractivity contribution in [1.29, 1.82) is 0 Å². The fourth-order valence-corrected chi connectivity index (χ4v) is 3.08. The third-order valence-corrected chi connectivity index (χ3v) is 4.52. The summed E-state index contributed by atoms with van der Waals surface area (Å²) in [6.45, 7) is 13.8. The quantitative estimate of drug-likeness (QED) is 0.607. The molecule has 0 bridgehead atoms. The van der Waals surface area contributed by atoms with E-state index in [1.54, 1.807) is 0 Å². The van der Waals surface area contributed by atoms with E-state index >= 15 is 0 Å². The highest BCUT2D eigenvalue weighted by Gasteiger charge is 2.29. The van der Waals surface area contributed by atoms with E-state index < -0.39 is 0 Å². The standard InChI is InChI=1S/C20H35N/c1-6-20(14-10-11-17(2)3,16-21-15-18(4)5)19-12-8-7-9-13-19/h7-9,12-13,17-18,21H,6,10-11,14-16H2,1-5H3. The fourth-order valence-electron chi connectivity index (χ4n) is 3.08. The highest BCUT2D eigenvalue weighted by atomic mass is 14.9. The summed E-state index contributed by atoms with van der Waals surface area (Å²) in [5, 5.41) is 3.71. The van der Waals surface area contributed by atoms with Crippen LogP contribution in [-0.2, 0) is 5.41 Å². The van der Waals surface area contributed by atoms with E-state index in [1.807, 2.05) is 0 Å². The van der Waals surface area contributed by atoms with Gasteiger partial charge in [-0.15, -0.1) is 0 Å². The molecule has 0 saturated carbocycles. The molecule has 120 valence electrons.